The maximum Gasteiger partial charge on any atom is 0.248 e. The molecule has 0 saturated heterocycles. The fourth-order valence-corrected chi connectivity index (χ4v) is 5.15. The van der Waals surface area contributed by atoms with Gasteiger partial charge in [-0.25, -0.2) is 4.98 Å². The van der Waals surface area contributed by atoms with Crippen molar-refractivity contribution in [2.45, 2.75) is 64.8 Å². The molecule has 1 unspecified atom stereocenters. The number of carbonyl (C=O) groups excluding carboxylic acids is 2. The molecule has 220 valence electrons. The molecule has 9 heteroatoms. The molecule has 0 aliphatic carbocycles. The number of aromatic nitrogens is 2. The molecular weight excluding hydrogens is 518 g/mol. The summed E-state index contributed by atoms with van der Waals surface area (Å²) in [4.78, 5) is 35.8. The topological polar surface area (TPSA) is 137 Å². The second-order valence-corrected chi connectivity index (χ2v) is 10.6. The molecule has 0 fully saturated rings. The van der Waals surface area contributed by atoms with Crippen LogP contribution < -0.4 is 11.5 Å². The molecule has 0 spiro atoms. The Morgan fingerprint density at radius 2 is 1.76 bits per heavy atom. The number of imidazole rings is 1. The average Bonchev–Trinajstić information content (AvgIpc) is 3.45. The van der Waals surface area contributed by atoms with Gasteiger partial charge < -0.3 is 30.8 Å². The number of H-pyrrole nitrogens is 1. The molecule has 3 rings (SSSR count). The lowest BCUT2D eigenvalue weighted by Gasteiger charge is -2.43. The minimum absolute atomic E-state index is 0.246. The molecule has 0 radical (unpaired) electrons. The van der Waals surface area contributed by atoms with E-state index in [2.05, 4.69) is 4.98 Å². The van der Waals surface area contributed by atoms with Crippen LogP contribution in [0.4, 0.5) is 0 Å². The third kappa shape index (κ3) is 7.30. The number of aromatic amines is 1. The highest BCUT2D eigenvalue weighted by Gasteiger charge is 2.40. The van der Waals surface area contributed by atoms with Gasteiger partial charge in [0.25, 0.3) is 0 Å². The minimum atomic E-state index is -0.857. The van der Waals surface area contributed by atoms with Crippen molar-refractivity contribution in [3.05, 3.63) is 88.9 Å². The van der Waals surface area contributed by atoms with Gasteiger partial charge in [0.1, 0.15) is 11.4 Å². The van der Waals surface area contributed by atoms with Crippen LogP contribution in [-0.4, -0.2) is 65.2 Å². The van der Waals surface area contributed by atoms with Gasteiger partial charge in [-0.05, 0) is 69.9 Å². The van der Waals surface area contributed by atoms with Crippen LogP contribution in [0, 0.1) is 13.8 Å². The predicted octanol–water partition coefficient (Wildman–Crippen LogP) is 4.25. The van der Waals surface area contributed by atoms with Crippen LogP contribution in [0.3, 0.4) is 0 Å². The number of rotatable bonds is 13. The van der Waals surface area contributed by atoms with Crippen molar-refractivity contribution in [2.24, 2.45) is 11.5 Å². The predicted molar refractivity (Wildman–Crippen MR) is 161 cm³/mol. The van der Waals surface area contributed by atoms with Crippen molar-refractivity contribution < 1.29 is 19.1 Å². The van der Waals surface area contributed by atoms with Gasteiger partial charge in [0, 0.05) is 31.5 Å². The van der Waals surface area contributed by atoms with Crippen molar-refractivity contribution in [3.8, 4) is 11.3 Å². The Labute approximate surface area is 242 Å². The van der Waals surface area contributed by atoms with Gasteiger partial charge >= 0.3 is 0 Å². The summed E-state index contributed by atoms with van der Waals surface area (Å²) >= 11 is 0. The zero-order valence-electron chi connectivity index (χ0n) is 25.1. The van der Waals surface area contributed by atoms with Gasteiger partial charge in [-0.1, -0.05) is 42.5 Å². The van der Waals surface area contributed by atoms with Gasteiger partial charge in [-0.3, -0.25) is 9.59 Å². The van der Waals surface area contributed by atoms with E-state index in [1.165, 1.54) is 0 Å². The lowest BCUT2D eigenvalue weighted by molar-refractivity contribution is -0.143. The molecule has 2 amide bonds. The first-order valence-corrected chi connectivity index (χ1v) is 13.7. The van der Waals surface area contributed by atoms with Crippen molar-refractivity contribution >= 4 is 11.8 Å². The SMILES string of the molecule is COC/C=C\C(C)(OC)[C@@H](C)N(C(=O)[C@@H](N)Cc1c(C)cc(C(N)=O)cc1C)[C@@H](C)c1nc(-c2ccccc2)c[nH]1. The van der Waals surface area contributed by atoms with Crippen LogP contribution in [0.2, 0.25) is 0 Å². The number of amides is 2. The molecule has 0 saturated carbocycles. The molecule has 5 N–H and O–H groups in total. The van der Waals surface area contributed by atoms with E-state index in [9.17, 15) is 9.59 Å². The van der Waals surface area contributed by atoms with Gasteiger partial charge in [-0.2, -0.15) is 0 Å². The molecule has 0 aliphatic rings. The lowest BCUT2D eigenvalue weighted by atomic mass is 9.91. The smallest absolute Gasteiger partial charge is 0.248 e. The highest BCUT2D eigenvalue weighted by Crippen LogP contribution is 2.31. The van der Waals surface area contributed by atoms with Gasteiger partial charge in [0.05, 0.1) is 30.4 Å². The minimum Gasteiger partial charge on any atom is -0.381 e. The zero-order chi connectivity index (χ0) is 30.3. The lowest BCUT2D eigenvalue weighted by Crippen LogP contribution is -2.57. The molecule has 2 aromatic carbocycles. The first kappa shape index (κ1) is 31.7. The number of aryl methyl sites for hydroxylation is 2. The summed E-state index contributed by atoms with van der Waals surface area (Å²) in [6, 6.07) is 11.6. The summed E-state index contributed by atoms with van der Waals surface area (Å²) in [5, 5.41) is 0. The Hall–Kier alpha value is -3.79. The van der Waals surface area contributed by atoms with Crippen LogP contribution in [0.5, 0.6) is 0 Å². The number of nitrogens with zero attached hydrogens (tertiary/aromatic N) is 2. The summed E-state index contributed by atoms with van der Waals surface area (Å²) in [5.41, 5.74) is 16.1. The van der Waals surface area contributed by atoms with Crippen LogP contribution in [-0.2, 0) is 20.7 Å². The van der Waals surface area contributed by atoms with E-state index in [-0.39, 0.29) is 5.91 Å². The van der Waals surface area contributed by atoms with Crippen molar-refractivity contribution in [1.29, 1.82) is 0 Å². The molecule has 0 bridgehead atoms. The number of methoxy groups -OCH3 is 2. The van der Waals surface area contributed by atoms with Crippen molar-refractivity contribution in [1.82, 2.24) is 14.9 Å². The van der Waals surface area contributed by atoms with E-state index in [4.69, 9.17) is 25.9 Å². The van der Waals surface area contributed by atoms with Gasteiger partial charge in [0.15, 0.2) is 0 Å². The zero-order valence-corrected chi connectivity index (χ0v) is 25.1. The number of hydrogen-bond donors (Lipinski definition) is 3. The maximum absolute atomic E-state index is 14.3. The Morgan fingerprint density at radius 1 is 1.12 bits per heavy atom. The summed E-state index contributed by atoms with van der Waals surface area (Å²) < 4.78 is 11.2. The fraction of sp³-hybridized carbons (Fsp3) is 0.406. The van der Waals surface area contributed by atoms with Crippen LogP contribution in [0.15, 0.2) is 60.8 Å². The van der Waals surface area contributed by atoms with Crippen LogP contribution in [0.25, 0.3) is 11.3 Å². The molecule has 1 aromatic heterocycles. The molecule has 9 nitrogen and oxygen atoms in total. The molecule has 1 heterocycles. The summed E-state index contributed by atoms with van der Waals surface area (Å²) in [7, 11) is 3.24. The number of nitrogens with two attached hydrogens (primary N) is 2. The van der Waals surface area contributed by atoms with Gasteiger partial charge in [0.2, 0.25) is 11.8 Å². The fourth-order valence-electron chi connectivity index (χ4n) is 5.15. The first-order chi connectivity index (χ1) is 19.4. The Kier molecular flexibility index (Phi) is 10.6. The van der Waals surface area contributed by atoms with Crippen molar-refractivity contribution in [2.75, 3.05) is 20.8 Å². The van der Waals surface area contributed by atoms with Crippen LogP contribution in [0.1, 0.15) is 59.7 Å². The molecule has 3 aromatic rings. The normalized spacial score (nSPS) is 15.3. The van der Waals surface area contributed by atoms with E-state index in [1.807, 2.05) is 83.3 Å². The van der Waals surface area contributed by atoms with E-state index < -0.39 is 29.6 Å². The van der Waals surface area contributed by atoms with E-state index >= 15 is 0 Å². The standard InChI is InChI=1S/C32H43N5O4/c1-20-16-25(29(34)38)17-21(2)26(20)18-27(33)31(39)37(23(4)32(5,41-7)14-11-15-40-6)22(3)30-35-19-28(36-30)24-12-9-8-10-13-24/h8-14,16-17,19,22-23,27H,15,18,33H2,1-7H3,(H2,34,38)(H,35,36)/b14-11-/t22-,23+,27-,32?/m0/s1. The largest absolute Gasteiger partial charge is 0.381 e. The third-order valence-electron chi connectivity index (χ3n) is 7.85. The molecule has 41 heavy (non-hydrogen) atoms. The maximum atomic E-state index is 14.3. The summed E-state index contributed by atoms with van der Waals surface area (Å²) in [5.74, 6) is -0.108. The van der Waals surface area contributed by atoms with E-state index in [0.717, 1.165) is 27.9 Å². The van der Waals surface area contributed by atoms with E-state index in [1.54, 1.807) is 31.3 Å². The number of hydrogen-bond acceptors (Lipinski definition) is 6. The van der Waals surface area contributed by atoms with Crippen molar-refractivity contribution in [3.63, 3.8) is 0 Å². The number of nitrogens with one attached hydrogen (secondary N) is 1. The Bertz CT molecular complexity index is 1350. The number of benzene rings is 2. The summed E-state index contributed by atoms with van der Waals surface area (Å²) in [6.07, 6.45) is 5.92. The first-order valence-electron chi connectivity index (χ1n) is 13.7. The van der Waals surface area contributed by atoms with Crippen LogP contribution >= 0.6 is 0 Å². The second kappa shape index (κ2) is 13.7. The molecule has 4 atom stereocenters. The highest BCUT2D eigenvalue weighted by atomic mass is 16.5. The average molecular weight is 562 g/mol. The number of primary amides is 1. The third-order valence-corrected chi connectivity index (χ3v) is 7.85. The molecule has 0 aliphatic heterocycles. The molecular formula is C32H43N5O4. The highest BCUT2D eigenvalue weighted by molar-refractivity contribution is 5.93. The number of carbonyl (C=O) groups is 2. The Balaban J connectivity index is 2.00. The van der Waals surface area contributed by atoms with Gasteiger partial charge in [-0.15, -0.1) is 0 Å². The monoisotopic (exact) mass is 561 g/mol. The van der Waals surface area contributed by atoms with E-state index in [0.29, 0.717) is 24.4 Å². The number of ether oxygens (including phenoxy) is 2. The summed E-state index contributed by atoms with van der Waals surface area (Å²) in [6.45, 7) is 10.0. The second-order valence-electron chi connectivity index (χ2n) is 10.6. The quantitative estimate of drug-likeness (QED) is 0.267. The Morgan fingerprint density at radius 3 is 2.32 bits per heavy atom.